The Bertz CT molecular complexity index is 1360. The number of aryl methyl sites for hydroxylation is 2. The van der Waals surface area contributed by atoms with Crippen LogP contribution in [0.2, 0.25) is 0 Å². The van der Waals surface area contributed by atoms with Crippen molar-refractivity contribution in [1.82, 2.24) is 9.29 Å². The van der Waals surface area contributed by atoms with E-state index in [0.717, 1.165) is 49.4 Å². The lowest BCUT2D eigenvalue weighted by Crippen LogP contribution is -2.28. The van der Waals surface area contributed by atoms with Crippen LogP contribution in [-0.4, -0.2) is 49.3 Å². The van der Waals surface area contributed by atoms with Crippen molar-refractivity contribution in [3.8, 4) is 0 Å². The number of nitrogens with one attached hydrogen (secondary N) is 2. The first kappa shape index (κ1) is 22.6. The molecule has 178 valence electrons. The average molecular weight is 482 g/mol. The van der Waals surface area contributed by atoms with E-state index in [1.807, 2.05) is 12.1 Å². The van der Waals surface area contributed by atoms with Gasteiger partial charge in [-0.2, -0.15) is 4.31 Å². The van der Waals surface area contributed by atoms with Crippen molar-refractivity contribution in [2.24, 2.45) is 0 Å². The summed E-state index contributed by atoms with van der Waals surface area (Å²) in [7, 11) is -3.58. The van der Waals surface area contributed by atoms with Crippen molar-refractivity contribution >= 4 is 38.5 Å². The van der Waals surface area contributed by atoms with E-state index in [-0.39, 0.29) is 4.90 Å². The molecule has 2 heterocycles. The summed E-state index contributed by atoms with van der Waals surface area (Å²) in [5.74, 6) is -1.11. The number of hydrogen-bond donors (Lipinski definition) is 2. The van der Waals surface area contributed by atoms with Crippen molar-refractivity contribution in [3.63, 3.8) is 0 Å². The predicted molar refractivity (Wildman–Crippen MR) is 128 cm³/mol. The third-order valence-electron chi connectivity index (χ3n) is 6.49. The van der Waals surface area contributed by atoms with Crippen molar-refractivity contribution < 1.29 is 22.7 Å². The number of hydrogen-bond acceptors (Lipinski definition) is 5. The van der Waals surface area contributed by atoms with Gasteiger partial charge in [0.1, 0.15) is 0 Å². The molecule has 5 rings (SSSR count). The first-order chi connectivity index (χ1) is 16.4. The number of sulfonamides is 1. The van der Waals surface area contributed by atoms with Gasteiger partial charge in [-0.1, -0.05) is 6.07 Å². The molecule has 1 fully saturated rings. The van der Waals surface area contributed by atoms with Crippen LogP contribution in [0.1, 0.15) is 47.3 Å². The van der Waals surface area contributed by atoms with E-state index in [2.05, 4.69) is 10.3 Å². The number of carbonyl (C=O) groups excluding carboxylic acids is 2. The van der Waals surface area contributed by atoms with Gasteiger partial charge in [-0.15, -0.1) is 0 Å². The number of nitrogens with zero attached hydrogens (tertiary/aromatic N) is 1. The predicted octanol–water partition coefficient (Wildman–Crippen LogP) is 3.63. The first-order valence-corrected chi connectivity index (χ1v) is 13.1. The Morgan fingerprint density at radius 3 is 2.62 bits per heavy atom. The molecule has 2 N–H and O–H groups in total. The largest absolute Gasteiger partial charge is 0.452 e. The van der Waals surface area contributed by atoms with E-state index >= 15 is 0 Å². The number of fused-ring (bicyclic) bond motifs is 3. The molecule has 8 nitrogen and oxygen atoms in total. The van der Waals surface area contributed by atoms with E-state index in [1.165, 1.54) is 27.7 Å². The Morgan fingerprint density at radius 1 is 1.00 bits per heavy atom. The van der Waals surface area contributed by atoms with Crippen LogP contribution in [0.15, 0.2) is 47.4 Å². The minimum absolute atomic E-state index is 0.132. The number of H-pyrrole nitrogens is 1. The quantitative estimate of drug-likeness (QED) is 0.523. The van der Waals surface area contributed by atoms with E-state index < -0.39 is 28.5 Å². The maximum atomic E-state index is 12.7. The molecule has 0 bridgehead atoms. The van der Waals surface area contributed by atoms with Gasteiger partial charge in [0.2, 0.25) is 10.0 Å². The van der Waals surface area contributed by atoms with Gasteiger partial charge in [-0.3, -0.25) is 4.79 Å². The summed E-state index contributed by atoms with van der Waals surface area (Å²) in [6, 6.07) is 11.5. The molecule has 1 aromatic heterocycles. The van der Waals surface area contributed by atoms with Gasteiger partial charge in [-0.05, 0) is 80.5 Å². The van der Waals surface area contributed by atoms with Crippen LogP contribution >= 0.6 is 0 Å². The second-order valence-corrected chi connectivity index (χ2v) is 10.8. The highest BCUT2D eigenvalue weighted by atomic mass is 32.2. The molecular weight excluding hydrogens is 454 g/mol. The molecule has 34 heavy (non-hydrogen) atoms. The summed E-state index contributed by atoms with van der Waals surface area (Å²) in [6.07, 6.45) is 6.00. The van der Waals surface area contributed by atoms with Gasteiger partial charge < -0.3 is 15.0 Å². The first-order valence-electron chi connectivity index (χ1n) is 11.6. The van der Waals surface area contributed by atoms with Crippen molar-refractivity contribution in [2.75, 3.05) is 25.0 Å². The van der Waals surface area contributed by atoms with Gasteiger partial charge in [0, 0.05) is 35.4 Å². The van der Waals surface area contributed by atoms with Gasteiger partial charge in [0.15, 0.2) is 6.61 Å². The highest BCUT2D eigenvalue weighted by Crippen LogP contribution is 2.30. The minimum Gasteiger partial charge on any atom is -0.452 e. The number of ether oxygens (including phenoxy) is 1. The summed E-state index contributed by atoms with van der Waals surface area (Å²) < 4.78 is 32.2. The average Bonchev–Trinajstić information content (AvgIpc) is 3.51. The fourth-order valence-electron chi connectivity index (χ4n) is 4.76. The molecule has 2 aromatic carbocycles. The molecule has 9 heteroatoms. The highest BCUT2D eigenvalue weighted by molar-refractivity contribution is 7.89. The summed E-state index contributed by atoms with van der Waals surface area (Å²) in [6.45, 7) is 0.545. The number of aromatic nitrogens is 1. The lowest BCUT2D eigenvalue weighted by molar-refractivity contribution is -0.119. The van der Waals surface area contributed by atoms with Crippen LogP contribution in [-0.2, 0) is 32.4 Å². The minimum atomic E-state index is -3.58. The molecule has 0 spiro atoms. The summed E-state index contributed by atoms with van der Waals surface area (Å²) in [5, 5.41) is 3.65. The molecule has 1 amide bonds. The molecule has 2 aliphatic rings. The third kappa shape index (κ3) is 4.45. The smallest absolute Gasteiger partial charge is 0.338 e. The second-order valence-electron chi connectivity index (χ2n) is 8.81. The monoisotopic (exact) mass is 481 g/mol. The number of benzene rings is 2. The topological polar surface area (TPSA) is 109 Å². The molecule has 0 saturated carbocycles. The maximum Gasteiger partial charge on any atom is 0.338 e. The maximum absolute atomic E-state index is 12.7. The van der Waals surface area contributed by atoms with Crippen LogP contribution in [0.3, 0.4) is 0 Å². The summed E-state index contributed by atoms with van der Waals surface area (Å²) >= 11 is 0. The van der Waals surface area contributed by atoms with E-state index in [9.17, 15) is 18.0 Å². The second kappa shape index (κ2) is 9.23. The van der Waals surface area contributed by atoms with Crippen LogP contribution < -0.4 is 5.32 Å². The van der Waals surface area contributed by atoms with Crippen LogP contribution in [0.4, 0.5) is 5.69 Å². The Hall–Kier alpha value is -3.17. The molecule has 1 aliphatic heterocycles. The number of aromatic amines is 1. The van der Waals surface area contributed by atoms with Gasteiger partial charge in [-0.25, -0.2) is 13.2 Å². The Morgan fingerprint density at radius 2 is 1.79 bits per heavy atom. The fraction of sp³-hybridized carbons (Fsp3) is 0.360. The molecule has 0 unspecified atom stereocenters. The van der Waals surface area contributed by atoms with Crippen molar-refractivity contribution in [2.45, 2.75) is 43.4 Å². The molecule has 1 saturated heterocycles. The zero-order valence-electron chi connectivity index (χ0n) is 18.8. The van der Waals surface area contributed by atoms with Crippen LogP contribution in [0.5, 0.6) is 0 Å². The lowest BCUT2D eigenvalue weighted by atomic mass is 9.95. The number of carbonyl (C=O) groups is 2. The Labute approximate surface area is 198 Å². The Balaban J connectivity index is 1.22. The molecule has 0 radical (unpaired) electrons. The van der Waals surface area contributed by atoms with Crippen molar-refractivity contribution in [1.29, 1.82) is 0 Å². The molecule has 1 aliphatic carbocycles. The molecule has 0 atom stereocenters. The zero-order chi connectivity index (χ0) is 23.7. The van der Waals surface area contributed by atoms with Gasteiger partial charge in [0.05, 0.1) is 10.5 Å². The van der Waals surface area contributed by atoms with Crippen LogP contribution in [0.25, 0.3) is 10.9 Å². The van der Waals surface area contributed by atoms with Crippen LogP contribution in [0, 0.1) is 0 Å². The molecule has 3 aromatic rings. The standard InChI is InChI=1S/C25H27N3O5S/c29-24(26-18-6-5-7-19(15-18)34(31,32)28-12-3-4-13-28)16-33-25(30)17-10-11-23-21(14-17)20-8-1-2-9-22(20)27-23/h5-7,10-11,14-15,27H,1-4,8-9,12-13,16H2,(H,26,29). The van der Waals surface area contributed by atoms with E-state index in [0.29, 0.717) is 24.3 Å². The number of rotatable bonds is 6. The fourth-order valence-corrected chi connectivity index (χ4v) is 6.32. The zero-order valence-corrected chi connectivity index (χ0v) is 19.6. The number of anilines is 1. The highest BCUT2D eigenvalue weighted by Gasteiger charge is 2.27. The van der Waals surface area contributed by atoms with Crippen molar-refractivity contribution in [3.05, 3.63) is 59.3 Å². The van der Waals surface area contributed by atoms with Gasteiger partial charge >= 0.3 is 5.97 Å². The lowest BCUT2D eigenvalue weighted by Gasteiger charge is -2.16. The number of esters is 1. The number of amides is 1. The summed E-state index contributed by atoms with van der Waals surface area (Å²) in [5.41, 5.74) is 4.23. The van der Waals surface area contributed by atoms with E-state index in [1.54, 1.807) is 18.2 Å². The Kier molecular flexibility index (Phi) is 6.14. The normalized spacial score (nSPS) is 16.4. The summed E-state index contributed by atoms with van der Waals surface area (Å²) in [4.78, 5) is 28.5. The third-order valence-corrected chi connectivity index (χ3v) is 8.38. The van der Waals surface area contributed by atoms with Gasteiger partial charge in [0.25, 0.3) is 5.91 Å². The SMILES string of the molecule is O=C(COC(=O)c1ccc2[nH]c3c(c2c1)CCCC3)Nc1cccc(S(=O)(=O)N2CCCC2)c1. The van der Waals surface area contributed by atoms with E-state index in [4.69, 9.17) is 4.74 Å². The molecular formula is C25H27N3O5S.